The van der Waals surface area contributed by atoms with Crippen molar-refractivity contribution in [3.05, 3.63) is 53.1 Å². The van der Waals surface area contributed by atoms with E-state index in [1.807, 2.05) is 31.3 Å². The molecule has 2 aromatic rings. The van der Waals surface area contributed by atoms with Gasteiger partial charge in [-0.05, 0) is 30.3 Å². The molecule has 92 valence electrons. The normalized spacial score (nSPS) is 17.3. The van der Waals surface area contributed by atoms with Crippen molar-refractivity contribution in [1.29, 1.82) is 0 Å². The van der Waals surface area contributed by atoms with Crippen molar-refractivity contribution in [2.45, 2.75) is 6.04 Å². The van der Waals surface area contributed by atoms with Gasteiger partial charge in [0.2, 0.25) is 0 Å². The van der Waals surface area contributed by atoms with Crippen LogP contribution < -0.4 is 10.1 Å². The zero-order chi connectivity index (χ0) is 12.5. The molecule has 0 amide bonds. The van der Waals surface area contributed by atoms with Crippen LogP contribution >= 0.6 is 11.6 Å². The lowest BCUT2D eigenvalue weighted by Crippen LogP contribution is -2.17. The molecule has 0 spiro atoms. The molecule has 1 heterocycles. The summed E-state index contributed by atoms with van der Waals surface area (Å²) < 4.78 is 5.63. The molecule has 1 aliphatic rings. The highest BCUT2D eigenvalue weighted by Gasteiger charge is 2.25. The van der Waals surface area contributed by atoms with E-state index in [9.17, 15) is 0 Å². The van der Waals surface area contributed by atoms with E-state index in [1.54, 1.807) is 0 Å². The highest BCUT2D eigenvalue weighted by Crippen LogP contribution is 2.41. The molecule has 0 aromatic heterocycles. The Bertz CT molecular complexity index is 568. The van der Waals surface area contributed by atoms with Gasteiger partial charge in [-0.2, -0.15) is 0 Å². The number of likely N-dealkylation sites (N-methyl/N-ethyl adjacent to an activating group) is 1. The molecule has 0 aliphatic carbocycles. The van der Waals surface area contributed by atoms with Crippen LogP contribution in [0.5, 0.6) is 5.75 Å². The molecule has 0 radical (unpaired) electrons. The second kappa shape index (κ2) is 4.63. The van der Waals surface area contributed by atoms with Crippen molar-refractivity contribution in [3.63, 3.8) is 0 Å². The summed E-state index contributed by atoms with van der Waals surface area (Å²) >= 11 is 6.29. The molecule has 3 rings (SSSR count). The number of hydrogen-bond acceptors (Lipinski definition) is 2. The third kappa shape index (κ3) is 1.88. The number of fused-ring (bicyclic) bond motifs is 1. The van der Waals surface area contributed by atoms with Gasteiger partial charge in [0.1, 0.15) is 12.4 Å². The monoisotopic (exact) mass is 259 g/mol. The zero-order valence-corrected chi connectivity index (χ0v) is 10.9. The lowest BCUT2D eigenvalue weighted by molar-refractivity contribution is 0.318. The summed E-state index contributed by atoms with van der Waals surface area (Å²) in [4.78, 5) is 0. The summed E-state index contributed by atoms with van der Waals surface area (Å²) in [5, 5.41) is 3.93. The van der Waals surface area contributed by atoms with E-state index in [0.29, 0.717) is 11.6 Å². The molecule has 0 saturated heterocycles. The minimum absolute atomic E-state index is 0.223. The van der Waals surface area contributed by atoms with Crippen molar-refractivity contribution in [3.8, 4) is 16.9 Å². The number of halogens is 1. The minimum atomic E-state index is 0.223. The Balaban J connectivity index is 2.12. The Hall–Kier alpha value is -1.51. The number of ether oxygens (including phenoxy) is 1. The molecular formula is C15H14ClNO. The average Bonchev–Trinajstić information content (AvgIpc) is 2.83. The van der Waals surface area contributed by atoms with Crippen LogP contribution in [0.3, 0.4) is 0 Å². The first-order valence-corrected chi connectivity index (χ1v) is 6.36. The zero-order valence-electron chi connectivity index (χ0n) is 10.1. The van der Waals surface area contributed by atoms with Crippen molar-refractivity contribution in [2.75, 3.05) is 13.7 Å². The van der Waals surface area contributed by atoms with E-state index in [4.69, 9.17) is 16.3 Å². The van der Waals surface area contributed by atoms with Crippen LogP contribution in [0.4, 0.5) is 0 Å². The van der Waals surface area contributed by atoms with Gasteiger partial charge in [-0.15, -0.1) is 0 Å². The number of benzene rings is 2. The Labute approximate surface area is 112 Å². The summed E-state index contributed by atoms with van der Waals surface area (Å²) in [6.45, 7) is 0.643. The van der Waals surface area contributed by atoms with Gasteiger partial charge >= 0.3 is 0 Å². The van der Waals surface area contributed by atoms with Crippen molar-refractivity contribution >= 4 is 11.6 Å². The second-order valence-electron chi connectivity index (χ2n) is 4.39. The van der Waals surface area contributed by atoms with Gasteiger partial charge in [-0.1, -0.05) is 41.9 Å². The van der Waals surface area contributed by atoms with Crippen molar-refractivity contribution < 1.29 is 4.74 Å². The fraction of sp³-hybridized carbons (Fsp3) is 0.200. The molecule has 1 aliphatic heterocycles. The minimum Gasteiger partial charge on any atom is -0.490 e. The fourth-order valence-corrected chi connectivity index (χ4v) is 2.60. The molecule has 18 heavy (non-hydrogen) atoms. The molecule has 0 fully saturated rings. The van der Waals surface area contributed by atoms with Crippen LogP contribution in [0.2, 0.25) is 5.02 Å². The third-order valence-electron chi connectivity index (χ3n) is 3.30. The first kappa shape index (κ1) is 11.6. The highest BCUT2D eigenvalue weighted by molar-refractivity contribution is 6.32. The van der Waals surface area contributed by atoms with Crippen molar-refractivity contribution in [1.82, 2.24) is 5.32 Å². The number of hydrogen-bond donors (Lipinski definition) is 1. The quantitative estimate of drug-likeness (QED) is 0.889. The van der Waals surface area contributed by atoms with E-state index in [2.05, 4.69) is 23.5 Å². The lowest BCUT2D eigenvalue weighted by atomic mass is 10.00. The average molecular weight is 260 g/mol. The van der Waals surface area contributed by atoms with Gasteiger partial charge in [-0.3, -0.25) is 0 Å². The van der Waals surface area contributed by atoms with Crippen LogP contribution in [0, 0.1) is 0 Å². The molecule has 3 heteroatoms. The van der Waals surface area contributed by atoms with Gasteiger partial charge < -0.3 is 10.1 Å². The lowest BCUT2D eigenvalue weighted by Gasteiger charge is -2.10. The summed E-state index contributed by atoms with van der Waals surface area (Å²) in [5.74, 6) is 0.815. The second-order valence-corrected chi connectivity index (χ2v) is 4.80. The molecule has 1 unspecified atom stereocenters. The molecule has 1 atom stereocenters. The van der Waals surface area contributed by atoms with E-state index < -0.39 is 0 Å². The van der Waals surface area contributed by atoms with Gasteiger partial charge in [-0.25, -0.2) is 0 Å². The van der Waals surface area contributed by atoms with E-state index >= 15 is 0 Å². The molecule has 2 aromatic carbocycles. The van der Waals surface area contributed by atoms with Crippen LogP contribution in [0.15, 0.2) is 42.5 Å². The molecule has 2 nitrogen and oxygen atoms in total. The Kier molecular flexibility index (Phi) is 2.98. The maximum Gasteiger partial charge on any atom is 0.142 e. The predicted molar refractivity (Wildman–Crippen MR) is 74.2 cm³/mol. The summed E-state index contributed by atoms with van der Waals surface area (Å²) in [6, 6.07) is 14.6. The van der Waals surface area contributed by atoms with Crippen molar-refractivity contribution in [2.24, 2.45) is 0 Å². The standard InChI is InChI=1S/C15H14ClNO/c1-17-14-9-18-15-12(14)7-11(8-13(15)16)10-5-3-2-4-6-10/h2-8,14,17H,9H2,1H3. The summed E-state index contributed by atoms with van der Waals surface area (Å²) in [6.07, 6.45) is 0. The van der Waals surface area contributed by atoms with E-state index in [0.717, 1.165) is 16.9 Å². The topological polar surface area (TPSA) is 21.3 Å². The Morgan fingerprint density at radius 3 is 2.67 bits per heavy atom. The molecule has 0 bridgehead atoms. The largest absolute Gasteiger partial charge is 0.490 e. The number of nitrogens with one attached hydrogen (secondary N) is 1. The maximum atomic E-state index is 6.29. The first-order chi connectivity index (χ1) is 8.79. The van der Waals surface area contributed by atoms with Gasteiger partial charge in [0.05, 0.1) is 11.1 Å². The van der Waals surface area contributed by atoms with Gasteiger partial charge in [0, 0.05) is 5.56 Å². The van der Waals surface area contributed by atoms with Crippen LogP contribution in [0.25, 0.3) is 11.1 Å². The van der Waals surface area contributed by atoms with E-state index in [1.165, 1.54) is 5.56 Å². The van der Waals surface area contributed by atoms with Gasteiger partial charge in [0.15, 0.2) is 0 Å². The Morgan fingerprint density at radius 1 is 1.17 bits per heavy atom. The SMILES string of the molecule is CNC1COc2c(Cl)cc(-c3ccccc3)cc21. The summed E-state index contributed by atoms with van der Waals surface area (Å²) in [5.41, 5.74) is 3.44. The van der Waals surface area contributed by atoms with Crippen LogP contribution in [0.1, 0.15) is 11.6 Å². The fourth-order valence-electron chi connectivity index (χ4n) is 2.32. The highest BCUT2D eigenvalue weighted by atomic mass is 35.5. The molecule has 0 saturated carbocycles. The maximum absolute atomic E-state index is 6.29. The Morgan fingerprint density at radius 2 is 1.94 bits per heavy atom. The predicted octanol–water partition coefficient (Wildman–Crippen LogP) is 3.66. The first-order valence-electron chi connectivity index (χ1n) is 5.98. The van der Waals surface area contributed by atoms with E-state index in [-0.39, 0.29) is 6.04 Å². The summed E-state index contributed by atoms with van der Waals surface area (Å²) in [7, 11) is 1.94. The smallest absolute Gasteiger partial charge is 0.142 e. The molecule has 1 N–H and O–H groups in total. The van der Waals surface area contributed by atoms with Crippen LogP contribution in [-0.4, -0.2) is 13.7 Å². The number of rotatable bonds is 2. The molecular weight excluding hydrogens is 246 g/mol. The van der Waals surface area contributed by atoms with Gasteiger partial charge in [0.25, 0.3) is 0 Å². The third-order valence-corrected chi connectivity index (χ3v) is 3.58. The van der Waals surface area contributed by atoms with Crippen LogP contribution in [-0.2, 0) is 0 Å².